The topological polar surface area (TPSA) is 185 Å². The Labute approximate surface area is 324 Å². The smallest absolute Gasteiger partial charge is 0.267 e. The summed E-state index contributed by atoms with van der Waals surface area (Å²) >= 11 is 0. The molecular weight excluding hydrogens is 713 g/mol. The molecule has 286 valence electrons. The number of hydrogen-bond donors (Lipinski definition) is 4. The maximum Gasteiger partial charge on any atom is 0.267 e. The fraction of sp³-hybridized carbons (Fsp3) is 0.143. The van der Waals surface area contributed by atoms with Crippen molar-refractivity contribution in [1.29, 1.82) is 0 Å². The van der Waals surface area contributed by atoms with Crippen LogP contribution in [-0.4, -0.2) is 86.5 Å². The highest BCUT2D eigenvalue weighted by Crippen LogP contribution is 2.14. The molecule has 14 nitrogen and oxygen atoms in total. The van der Waals surface area contributed by atoms with Crippen molar-refractivity contribution in [2.45, 2.75) is 0 Å². The Balaban J connectivity index is 1.17. The van der Waals surface area contributed by atoms with Gasteiger partial charge in [0, 0.05) is 50.0 Å². The van der Waals surface area contributed by atoms with E-state index < -0.39 is 23.6 Å². The SMILES string of the molecule is C=Nc1ccc(/C=C/C(=O)N/C(=C\c2cccnc2)C(=O)NCCOCCOCCNC(=O)/C(=C/c2cccnc2)NC(=O)/C=C/c2ccc(N=C)cc2)cc1. The quantitative estimate of drug-likeness (QED) is 0.0546. The summed E-state index contributed by atoms with van der Waals surface area (Å²) in [6.45, 7) is 8.13. The molecule has 4 N–H and O–H groups in total. The molecule has 0 fully saturated rings. The summed E-state index contributed by atoms with van der Waals surface area (Å²) in [6.07, 6.45) is 15.3. The second-order valence-electron chi connectivity index (χ2n) is 11.6. The van der Waals surface area contributed by atoms with Crippen LogP contribution in [0.5, 0.6) is 0 Å². The van der Waals surface area contributed by atoms with Crippen LogP contribution in [0.4, 0.5) is 11.4 Å². The highest BCUT2D eigenvalue weighted by molar-refractivity contribution is 6.05. The van der Waals surface area contributed by atoms with Gasteiger partial charge in [0.15, 0.2) is 0 Å². The average molecular weight is 755 g/mol. The number of benzene rings is 2. The van der Waals surface area contributed by atoms with Crippen molar-refractivity contribution in [2.24, 2.45) is 9.98 Å². The van der Waals surface area contributed by atoms with Gasteiger partial charge in [-0.3, -0.25) is 39.1 Å². The van der Waals surface area contributed by atoms with Crippen LogP contribution in [-0.2, 0) is 28.7 Å². The van der Waals surface area contributed by atoms with Crippen LogP contribution in [0.25, 0.3) is 24.3 Å². The summed E-state index contributed by atoms with van der Waals surface area (Å²) in [5.41, 5.74) is 4.30. The Morgan fingerprint density at radius 1 is 0.571 bits per heavy atom. The molecule has 2 aromatic heterocycles. The molecule has 0 aliphatic rings. The maximum atomic E-state index is 13.0. The molecule has 0 aliphatic heterocycles. The molecule has 0 unspecified atom stereocenters. The molecule has 4 aromatic rings. The molecule has 2 aromatic carbocycles. The van der Waals surface area contributed by atoms with Crippen LogP contribution in [0.3, 0.4) is 0 Å². The average Bonchev–Trinajstić information content (AvgIpc) is 3.23. The molecule has 0 saturated heterocycles. The van der Waals surface area contributed by atoms with E-state index in [9.17, 15) is 19.2 Å². The third kappa shape index (κ3) is 15.4. The van der Waals surface area contributed by atoms with Gasteiger partial charge in [-0.05, 0) is 96.4 Å². The van der Waals surface area contributed by atoms with Crippen molar-refractivity contribution in [3.05, 3.63) is 143 Å². The first-order valence-electron chi connectivity index (χ1n) is 17.4. The molecule has 0 aliphatic carbocycles. The van der Waals surface area contributed by atoms with E-state index in [1.165, 1.54) is 24.3 Å². The van der Waals surface area contributed by atoms with Crippen molar-refractivity contribution < 1.29 is 28.7 Å². The lowest BCUT2D eigenvalue weighted by atomic mass is 10.2. The number of nitrogens with zero attached hydrogens (tertiary/aromatic N) is 4. The number of ether oxygens (including phenoxy) is 2. The van der Waals surface area contributed by atoms with Crippen LogP contribution < -0.4 is 21.3 Å². The zero-order chi connectivity index (χ0) is 39.8. The predicted octanol–water partition coefficient (Wildman–Crippen LogP) is 4.45. The van der Waals surface area contributed by atoms with Crippen LogP contribution in [0.2, 0.25) is 0 Å². The lowest BCUT2D eigenvalue weighted by Crippen LogP contribution is -2.36. The second-order valence-corrected chi connectivity index (χ2v) is 11.6. The molecule has 14 heteroatoms. The van der Waals surface area contributed by atoms with Gasteiger partial charge in [-0.15, -0.1) is 0 Å². The largest absolute Gasteiger partial charge is 0.377 e. The Morgan fingerprint density at radius 2 is 0.982 bits per heavy atom. The van der Waals surface area contributed by atoms with E-state index in [4.69, 9.17) is 9.47 Å². The van der Waals surface area contributed by atoms with Gasteiger partial charge in [0.2, 0.25) is 11.8 Å². The molecule has 0 bridgehead atoms. The number of hydrogen-bond acceptors (Lipinski definition) is 10. The number of carbonyl (C=O) groups is 4. The number of aromatic nitrogens is 2. The summed E-state index contributed by atoms with van der Waals surface area (Å²) in [5.74, 6) is -2.00. The van der Waals surface area contributed by atoms with E-state index >= 15 is 0 Å². The first kappa shape index (κ1) is 41.6. The molecule has 4 rings (SSSR count). The first-order valence-corrected chi connectivity index (χ1v) is 17.4. The summed E-state index contributed by atoms with van der Waals surface area (Å²) in [6, 6.07) is 21.2. The van der Waals surface area contributed by atoms with E-state index in [-0.39, 0.29) is 50.9 Å². The van der Waals surface area contributed by atoms with Gasteiger partial charge in [-0.1, -0.05) is 36.4 Å². The minimum atomic E-state index is -0.506. The molecule has 56 heavy (non-hydrogen) atoms. The van der Waals surface area contributed by atoms with E-state index in [0.29, 0.717) is 22.5 Å². The Hall–Kier alpha value is -7.16. The van der Waals surface area contributed by atoms with Gasteiger partial charge < -0.3 is 30.7 Å². The molecule has 0 spiro atoms. The van der Waals surface area contributed by atoms with Crippen molar-refractivity contribution in [2.75, 3.05) is 39.5 Å². The summed E-state index contributed by atoms with van der Waals surface area (Å²) < 4.78 is 11.1. The van der Waals surface area contributed by atoms with Gasteiger partial charge in [0.05, 0.1) is 37.8 Å². The van der Waals surface area contributed by atoms with Crippen LogP contribution in [0.15, 0.2) is 131 Å². The van der Waals surface area contributed by atoms with Gasteiger partial charge in [0.25, 0.3) is 11.8 Å². The standard InChI is InChI=1S/C42H42N8O6/c1-43-35-13-7-31(8-14-35)11-17-39(51)49-37(27-33-5-3-19-45-29-33)41(53)47-21-23-55-25-26-56-24-22-48-42(54)38(28-34-6-4-20-46-30-34)50-40(52)18-12-32-9-15-36(44-2)16-10-32/h3-20,27-30H,1-2,21-26H2,(H,47,53)(H,48,54)(H,49,51)(H,50,52)/b17-11+,18-12+,37-27-,38-28-. The highest BCUT2D eigenvalue weighted by atomic mass is 16.5. The van der Waals surface area contributed by atoms with Crippen LogP contribution >= 0.6 is 0 Å². The lowest BCUT2D eigenvalue weighted by Gasteiger charge is -2.11. The Morgan fingerprint density at radius 3 is 1.34 bits per heavy atom. The molecule has 0 saturated carbocycles. The number of rotatable bonds is 21. The number of amides is 4. The minimum Gasteiger partial charge on any atom is -0.377 e. The fourth-order valence-corrected chi connectivity index (χ4v) is 4.63. The van der Waals surface area contributed by atoms with Gasteiger partial charge in [0.1, 0.15) is 11.4 Å². The molecule has 2 heterocycles. The normalized spacial score (nSPS) is 11.6. The zero-order valence-corrected chi connectivity index (χ0v) is 30.6. The number of pyridine rings is 2. The summed E-state index contributed by atoms with van der Waals surface area (Å²) in [5, 5.41) is 10.7. The summed E-state index contributed by atoms with van der Waals surface area (Å²) in [4.78, 5) is 67.2. The fourth-order valence-electron chi connectivity index (χ4n) is 4.63. The summed E-state index contributed by atoms with van der Waals surface area (Å²) in [7, 11) is 0. The third-order valence-electron chi connectivity index (χ3n) is 7.44. The Kier molecular flexibility index (Phi) is 17.4. The third-order valence-corrected chi connectivity index (χ3v) is 7.44. The van der Waals surface area contributed by atoms with Crippen LogP contribution in [0.1, 0.15) is 22.3 Å². The molecule has 0 atom stereocenters. The van der Waals surface area contributed by atoms with E-state index in [0.717, 1.165) is 11.1 Å². The molecule has 4 amide bonds. The molecule has 0 radical (unpaired) electrons. The van der Waals surface area contributed by atoms with E-state index in [1.807, 2.05) is 0 Å². The Bertz CT molecular complexity index is 1900. The monoisotopic (exact) mass is 754 g/mol. The van der Waals surface area contributed by atoms with Crippen molar-refractivity contribution >= 4 is 72.7 Å². The minimum absolute atomic E-state index is 0.0337. The highest BCUT2D eigenvalue weighted by Gasteiger charge is 2.13. The van der Waals surface area contributed by atoms with Crippen molar-refractivity contribution in [1.82, 2.24) is 31.2 Å². The number of aliphatic imine (C=N–C) groups is 2. The zero-order valence-electron chi connectivity index (χ0n) is 30.6. The van der Waals surface area contributed by atoms with Crippen LogP contribution in [0, 0.1) is 0 Å². The van der Waals surface area contributed by atoms with Gasteiger partial charge in [-0.25, -0.2) is 0 Å². The second kappa shape index (κ2) is 23.5. The maximum absolute atomic E-state index is 13.0. The lowest BCUT2D eigenvalue weighted by molar-refractivity contribution is -0.121. The van der Waals surface area contributed by atoms with E-state index in [2.05, 4.69) is 54.7 Å². The van der Waals surface area contributed by atoms with Crippen molar-refractivity contribution in [3.8, 4) is 0 Å². The van der Waals surface area contributed by atoms with Gasteiger partial charge in [-0.2, -0.15) is 0 Å². The van der Waals surface area contributed by atoms with E-state index in [1.54, 1.807) is 110 Å². The molecular formula is C42H42N8O6. The number of nitrogens with one attached hydrogen (secondary N) is 4. The predicted molar refractivity (Wildman–Crippen MR) is 218 cm³/mol. The number of carbonyl (C=O) groups excluding carboxylic acids is 4. The first-order chi connectivity index (χ1) is 27.3. The van der Waals surface area contributed by atoms with Gasteiger partial charge >= 0.3 is 0 Å². The van der Waals surface area contributed by atoms with Crippen molar-refractivity contribution in [3.63, 3.8) is 0 Å².